The smallest absolute Gasteiger partial charge is 0.408 e. The summed E-state index contributed by atoms with van der Waals surface area (Å²) in [6.45, 7) is 34.8. The highest BCUT2D eigenvalue weighted by atomic mass is 16.6. The van der Waals surface area contributed by atoms with Crippen LogP contribution in [0.3, 0.4) is 0 Å². The predicted octanol–water partition coefficient (Wildman–Crippen LogP) is 7.05. The Morgan fingerprint density at radius 1 is 0.675 bits per heavy atom. The first-order chi connectivity index (χ1) is 57.4. The average molecular weight is 1740 g/mol. The number of methoxy groups -OCH3 is 2. The number of likely N-dealkylation sites (N-methyl/N-ethyl adjacent to an activating group) is 2. The van der Waals surface area contributed by atoms with Gasteiger partial charge in [-0.3, -0.25) is 47.9 Å². The summed E-state index contributed by atoms with van der Waals surface area (Å²) < 4.78 is 38.7. The second-order valence-corrected chi connectivity index (χ2v) is 36.2. The van der Waals surface area contributed by atoms with E-state index in [0.717, 1.165) is 5.56 Å². The number of carboxylic acid groups (broad SMARTS) is 1. The summed E-state index contributed by atoms with van der Waals surface area (Å²) in [4.78, 5) is 195. The number of nitrogens with one attached hydrogen (secondary N) is 7. The van der Waals surface area contributed by atoms with Crippen molar-refractivity contribution in [2.45, 2.75) is 324 Å². The van der Waals surface area contributed by atoms with Gasteiger partial charge in [-0.1, -0.05) is 120 Å². The van der Waals surface area contributed by atoms with Crippen molar-refractivity contribution in [3.05, 3.63) is 59.7 Å². The van der Waals surface area contributed by atoms with E-state index in [9.17, 15) is 82.4 Å². The number of esters is 3. The average Bonchev–Trinajstić information content (AvgIpc) is 1.73. The second-order valence-electron chi connectivity index (χ2n) is 36.2. The molecule has 3 aliphatic heterocycles. The minimum absolute atomic E-state index is 0.0201. The Hall–Kier alpha value is -9.70. The van der Waals surface area contributed by atoms with E-state index < -0.39 is 216 Å². The molecule has 0 spiro atoms. The molecule has 18 atom stereocenters. The van der Waals surface area contributed by atoms with Crippen molar-refractivity contribution < 1.29 is 116 Å². The largest absolute Gasteiger partial charge is 0.497 e. The number of carboxylic acids is 1. The quantitative estimate of drug-likeness (QED) is 0.0259. The van der Waals surface area contributed by atoms with Crippen LogP contribution in [0.2, 0.25) is 0 Å². The molecule has 0 aliphatic carbocycles. The van der Waals surface area contributed by atoms with Crippen LogP contribution in [0.25, 0.3) is 0 Å². The first kappa shape index (κ1) is 106. The number of aliphatic carboxylic acids is 1. The van der Waals surface area contributed by atoms with Gasteiger partial charge >= 0.3 is 36.1 Å². The summed E-state index contributed by atoms with van der Waals surface area (Å²) in [6.07, 6.45) is -6.92. The highest BCUT2D eigenvalue weighted by Crippen LogP contribution is 2.29. The van der Waals surface area contributed by atoms with Gasteiger partial charge in [-0.25, -0.2) is 19.2 Å². The highest BCUT2D eigenvalue weighted by molar-refractivity contribution is 5.96. The van der Waals surface area contributed by atoms with Crippen molar-refractivity contribution in [1.82, 2.24) is 51.9 Å². The van der Waals surface area contributed by atoms with Gasteiger partial charge in [0, 0.05) is 45.3 Å². The van der Waals surface area contributed by atoms with Crippen LogP contribution in [0, 0.1) is 41.4 Å². The van der Waals surface area contributed by atoms with E-state index >= 15 is 0 Å². The fourth-order valence-corrected chi connectivity index (χ4v) is 14.8. The van der Waals surface area contributed by atoms with Gasteiger partial charge in [0.2, 0.25) is 35.4 Å². The van der Waals surface area contributed by atoms with Gasteiger partial charge in [0.1, 0.15) is 89.0 Å². The molecule has 0 unspecified atom stereocenters. The number of ketones is 1. The van der Waals surface area contributed by atoms with Crippen LogP contribution in [0.5, 0.6) is 11.5 Å². The van der Waals surface area contributed by atoms with Crippen molar-refractivity contribution in [2.75, 3.05) is 41.4 Å². The molecule has 9 amide bonds. The first-order valence-corrected chi connectivity index (χ1v) is 43.1. The third-order valence-corrected chi connectivity index (χ3v) is 22.1. The Morgan fingerprint density at radius 2 is 1.25 bits per heavy atom. The minimum Gasteiger partial charge on any atom is -0.497 e. The summed E-state index contributed by atoms with van der Waals surface area (Å²) >= 11 is 0. The Kier molecular flexibility index (Phi) is 42.2. The number of ether oxygens (including phenoxy) is 7. The number of amides is 9. The standard InChI is InChI=1S/C45H71N5O11.C44H71N5O13/c1-13-27(6)37-36(52)24-30(51)23-32(26(4)5)39(53)46-33(21-25(2)3)41(55)50-20-14-15-34(50)42(56)49(11)35(22-29-16-18-31(59-12)19-17-29)43(57)60-28(7)38(40(54)47-37)48-44(58)61-45(8,9)10;1-13-26(6)35(33(50)23-34(51)61-37(25(4)5)39(53)46-30(21-24(2)3)40(54)49-20-14-15-32(49)41(55)56)47-38(52)36(48-43(58)62-44(8,9)10)27(7)60-42(57)31(45-11)22-28-16-18-29(59-12)19-17-28/h16-19,25-28,32-38,52H,13-15,20-24H2,1-12H3,(H,46,53)(H,47,54)(H,48,58);16-19,24-27,30-33,35-37,45,50H,13-15,20-23H2,1-12H3,(H,46,53)(H,47,52)(H,48,58)(H,55,56)/t27-,28+,32-,33-,34-,35-,36-,37+,38-;26-,27+,30-,31-,32-,33-,35+,36-,37-/m00/s1. The van der Waals surface area contributed by atoms with Gasteiger partial charge in [-0.05, 0) is 178 Å². The Morgan fingerprint density at radius 3 is 1.77 bits per heavy atom. The second kappa shape index (κ2) is 49.1. The number of carbonyl (C=O) groups excluding carboxylic acids is 13. The molecule has 0 radical (unpaired) electrons. The molecule has 3 aliphatic rings. The molecule has 3 heterocycles. The van der Waals surface area contributed by atoms with Gasteiger partial charge in [0.15, 0.2) is 6.10 Å². The summed E-state index contributed by atoms with van der Waals surface area (Å²) in [7, 11) is 6.10. The number of hydrogen-bond donors (Lipinski definition) is 10. The molecule has 2 aromatic carbocycles. The minimum atomic E-state index is -1.56. The van der Waals surface area contributed by atoms with E-state index in [4.69, 9.17) is 33.2 Å². The van der Waals surface area contributed by atoms with Crippen LogP contribution in [-0.2, 0) is 94.1 Å². The van der Waals surface area contributed by atoms with E-state index in [-0.39, 0.29) is 68.9 Å². The normalized spacial score (nSPS) is 22.7. The van der Waals surface area contributed by atoms with Gasteiger partial charge in [-0.15, -0.1) is 0 Å². The van der Waals surface area contributed by atoms with E-state index in [1.165, 1.54) is 42.7 Å². The number of Topliss-reactive ketones (excluding diaryl/α,β-unsaturated/α-hetero) is 1. The molecular weight excluding hydrogens is 1590 g/mol. The molecular formula is C89H142N10O24. The van der Waals surface area contributed by atoms with Crippen LogP contribution in [0.1, 0.15) is 220 Å². The molecule has 3 saturated heterocycles. The molecule has 5 rings (SSSR count). The van der Waals surface area contributed by atoms with Crippen LogP contribution in [0.4, 0.5) is 9.59 Å². The van der Waals surface area contributed by atoms with E-state index in [1.54, 1.807) is 146 Å². The number of aliphatic hydroxyl groups is 2. The summed E-state index contributed by atoms with van der Waals surface area (Å²) in [5.74, 6) is -9.94. The summed E-state index contributed by atoms with van der Waals surface area (Å²) in [6, 6.07) is 2.74. The lowest BCUT2D eigenvalue weighted by Crippen LogP contribution is -2.59. The maximum absolute atomic E-state index is 14.6. The highest BCUT2D eigenvalue weighted by Gasteiger charge is 2.46. The SMILES string of the molecule is CC[C@H](C)[C@@H](NC(=O)[C@@H](NC(=O)OC(C)(C)C)[C@@H](C)OC(=O)[C@H](Cc1ccc(OC)cc1)NC)[C@@H](O)CC(=O)O[C@H](C(=O)N[C@@H](CC(C)C)C(=O)N1CCC[C@H]1C(=O)O)C(C)C.CC[C@H](C)[C@H]1NC(=O)[C@@H](NC(=O)OC(C)(C)C)[C@@H](C)OC(=O)[C@H](Cc2ccc(OC)cc2)N(C)C(=O)[C@@H]2CCCN2C(=O)[C@H](CC(C)C)NC(=O)[C@H](C(C)C)CC(=O)C[C@@H]1O. The van der Waals surface area contributed by atoms with Crippen LogP contribution in [0.15, 0.2) is 48.5 Å². The molecule has 123 heavy (non-hydrogen) atoms. The topological polar surface area (TPSA) is 458 Å². The van der Waals surface area contributed by atoms with E-state index in [1.807, 2.05) is 41.5 Å². The number of cyclic esters (lactones) is 1. The predicted molar refractivity (Wildman–Crippen MR) is 457 cm³/mol. The van der Waals surface area contributed by atoms with Crippen LogP contribution in [-0.4, -0.2) is 257 Å². The van der Waals surface area contributed by atoms with Gasteiger partial charge in [0.25, 0.3) is 5.91 Å². The van der Waals surface area contributed by atoms with Crippen molar-refractivity contribution in [2.24, 2.45) is 41.4 Å². The number of alkyl carbamates (subject to hydrolysis) is 2. The fourth-order valence-electron chi connectivity index (χ4n) is 14.8. The molecule has 0 bridgehead atoms. The molecule has 2 aromatic rings. The summed E-state index contributed by atoms with van der Waals surface area (Å²) in [5.41, 5.74) is -0.438. The van der Waals surface area contributed by atoms with Crippen molar-refractivity contribution in [3.8, 4) is 11.5 Å². The first-order valence-electron chi connectivity index (χ1n) is 43.1. The van der Waals surface area contributed by atoms with E-state index in [0.29, 0.717) is 55.6 Å². The molecule has 34 nitrogen and oxygen atoms in total. The number of nitrogens with zero attached hydrogens (tertiary/aromatic N) is 3. The van der Waals surface area contributed by atoms with Gasteiger partial charge in [-0.2, -0.15) is 0 Å². The molecule has 0 aromatic heterocycles. The Bertz CT molecular complexity index is 3850. The zero-order valence-corrected chi connectivity index (χ0v) is 76.7. The molecule has 34 heteroatoms. The van der Waals surface area contributed by atoms with E-state index in [2.05, 4.69) is 37.2 Å². The maximum atomic E-state index is 14.6. The van der Waals surface area contributed by atoms with Crippen LogP contribution >= 0.6 is 0 Å². The number of rotatable bonds is 32. The van der Waals surface area contributed by atoms with Gasteiger partial charge in [0.05, 0.1) is 44.9 Å². The number of carbonyl (C=O) groups is 14. The van der Waals surface area contributed by atoms with Crippen molar-refractivity contribution in [1.29, 1.82) is 0 Å². The Balaban J connectivity index is 0.000000516. The van der Waals surface area contributed by atoms with Crippen LogP contribution < -0.4 is 46.7 Å². The summed E-state index contributed by atoms with van der Waals surface area (Å²) in [5, 5.41) is 51.8. The lowest BCUT2D eigenvalue weighted by atomic mass is 9.85. The number of aliphatic hydroxyl groups excluding tert-OH is 2. The molecule has 0 saturated carbocycles. The zero-order chi connectivity index (χ0) is 93.0. The van der Waals surface area contributed by atoms with Crippen molar-refractivity contribution >= 4 is 83.2 Å². The number of likely N-dealkylation sites (tertiary alicyclic amines) is 1. The Labute approximate surface area is 725 Å². The lowest BCUT2D eigenvalue weighted by molar-refractivity contribution is -0.162. The number of benzene rings is 2. The molecule has 3 fully saturated rings. The molecule has 10 N–H and O–H groups in total. The monoisotopic (exact) mass is 1740 g/mol. The maximum Gasteiger partial charge on any atom is 0.408 e. The van der Waals surface area contributed by atoms with Gasteiger partial charge < -0.3 is 100 Å². The lowest BCUT2D eigenvalue weighted by Gasteiger charge is -2.35. The fraction of sp³-hybridized carbons (Fsp3) is 0.708. The third-order valence-electron chi connectivity index (χ3n) is 22.1. The third kappa shape index (κ3) is 33.4. The number of fused-ring (bicyclic) bond motifs is 1. The molecule has 692 valence electrons. The number of hydrogen-bond acceptors (Lipinski definition) is 24. The van der Waals surface area contributed by atoms with Crippen molar-refractivity contribution in [3.63, 3.8) is 0 Å². The zero-order valence-electron chi connectivity index (χ0n) is 76.7.